The Bertz CT molecular complexity index is 280. The van der Waals surface area contributed by atoms with Gasteiger partial charge >= 0.3 is 0 Å². The number of para-hydroxylation sites is 1. The van der Waals surface area contributed by atoms with Crippen LogP contribution in [0.3, 0.4) is 0 Å². The average Bonchev–Trinajstić information content (AvgIpc) is 2.19. The molecule has 0 radical (unpaired) electrons. The molecule has 0 saturated carbocycles. The number of nitrogens with zero attached hydrogens (tertiary/aromatic N) is 1. The molecular formula is C13H22N2. The van der Waals surface area contributed by atoms with Crippen molar-refractivity contribution in [2.24, 2.45) is 5.73 Å². The first-order valence-corrected chi connectivity index (χ1v) is 5.64. The predicted molar refractivity (Wildman–Crippen MR) is 67.2 cm³/mol. The number of hydrogen-bond acceptors (Lipinski definition) is 2. The summed E-state index contributed by atoms with van der Waals surface area (Å²) in [5.74, 6) is 0. The van der Waals surface area contributed by atoms with Crippen molar-refractivity contribution in [3.8, 4) is 0 Å². The van der Waals surface area contributed by atoms with Crippen molar-refractivity contribution < 1.29 is 0 Å². The Kier molecular flexibility index (Phi) is 4.15. The standard InChI is InChI=1S/C13H22N2/c1-4-15(13(2,3)10-11-14)12-8-6-5-7-9-12/h5-9H,4,10-11,14H2,1-3H3. The Morgan fingerprint density at radius 2 is 1.80 bits per heavy atom. The Hall–Kier alpha value is -1.02. The zero-order valence-electron chi connectivity index (χ0n) is 10.0. The van der Waals surface area contributed by atoms with E-state index in [9.17, 15) is 0 Å². The van der Waals surface area contributed by atoms with E-state index < -0.39 is 0 Å². The Balaban J connectivity index is 2.89. The molecule has 2 nitrogen and oxygen atoms in total. The molecule has 0 unspecified atom stereocenters. The highest BCUT2D eigenvalue weighted by Gasteiger charge is 2.24. The maximum atomic E-state index is 5.66. The van der Waals surface area contributed by atoms with E-state index in [1.165, 1.54) is 5.69 Å². The summed E-state index contributed by atoms with van der Waals surface area (Å²) in [5.41, 5.74) is 7.06. The third-order valence-electron chi connectivity index (χ3n) is 2.87. The molecule has 1 rings (SSSR count). The topological polar surface area (TPSA) is 29.3 Å². The predicted octanol–water partition coefficient (Wildman–Crippen LogP) is 2.64. The summed E-state index contributed by atoms with van der Waals surface area (Å²) in [4.78, 5) is 2.40. The van der Waals surface area contributed by atoms with E-state index >= 15 is 0 Å². The summed E-state index contributed by atoms with van der Waals surface area (Å²) >= 11 is 0. The van der Waals surface area contributed by atoms with E-state index in [2.05, 4.69) is 49.9 Å². The van der Waals surface area contributed by atoms with Crippen LogP contribution in [0, 0.1) is 0 Å². The second-order valence-electron chi connectivity index (χ2n) is 4.43. The van der Waals surface area contributed by atoms with Crippen LogP contribution in [0.4, 0.5) is 5.69 Å². The van der Waals surface area contributed by atoms with Crippen LogP contribution >= 0.6 is 0 Å². The fraction of sp³-hybridized carbons (Fsp3) is 0.538. The van der Waals surface area contributed by atoms with Crippen LogP contribution in [0.2, 0.25) is 0 Å². The molecule has 0 aliphatic heterocycles. The molecule has 1 aromatic rings. The van der Waals surface area contributed by atoms with Gasteiger partial charge in [0, 0.05) is 17.8 Å². The van der Waals surface area contributed by atoms with Gasteiger partial charge in [-0.3, -0.25) is 0 Å². The molecule has 1 aromatic carbocycles. The number of rotatable bonds is 5. The van der Waals surface area contributed by atoms with Crippen molar-refractivity contribution in [1.29, 1.82) is 0 Å². The van der Waals surface area contributed by atoms with Crippen LogP contribution in [0.15, 0.2) is 30.3 Å². The lowest BCUT2D eigenvalue weighted by Crippen LogP contribution is -2.45. The molecule has 0 fully saturated rings. The van der Waals surface area contributed by atoms with E-state index in [0.29, 0.717) is 0 Å². The molecule has 0 atom stereocenters. The van der Waals surface area contributed by atoms with E-state index in [4.69, 9.17) is 5.73 Å². The van der Waals surface area contributed by atoms with Gasteiger partial charge < -0.3 is 10.6 Å². The van der Waals surface area contributed by atoms with Crippen LogP contribution in [-0.2, 0) is 0 Å². The minimum atomic E-state index is 0.130. The van der Waals surface area contributed by atoms with Crippen molar-refractivity contribution in [1.82, 2.24) is 0 Å². The second-order valence-corrected chi connectivity index (χ2v) is 4.43. The molecule has 0 heterocycles. The SMILES string of the molecule is CCN(c1ccccc1)C(C)(C)CCN. The summed E-state index contributed by atoms with van der Waals surface area (Å²) in [6.45, 7) is 8.42. The molecule has 0 bridgehead atoms. The molecule has 84 valence electrons. The average molecular weight is 206 g/mol. The van der Waals surface area contributed by atoms with Crippen molar-refractivity contribution in [2.45, 2.75) is 32.7 Å². The molecule has 0 aliphatic carbocycles. The van der Waals surface area contributed by atoms with Gasteiger partial charge in [-0.05, 0) is 45.9 Å². The highest BCUT2D eigenvalue weighted by Crippen LogP contribution is 2.25. The lowest BCUT2D eigenvalue weighted by Gasteiger charge is -2.40. The smallest absolute Gasteiger partial charge is 0.0370 e. The van der Waals surface area contributed by atoms with Crippen LogP contribution in [0.1, 0.15) is 27.2 Å². The van der Waals surface area contributed by atoms with Gasteiger partial charge in [0.25, 0.3) is 0 Å². The maximum absolute atomic E-state index is 5.66. The van der Waals surface area contributed by atoms with Crippen molar-refractivity contribution in [2.75, 3.05) is 18.0 Å². The Morgan fingerprint density at radius 1 is 1.20 bits per heavy atom. The fourth-order valence-corrected chi connectivity index (χ4v) is 2.06. The molecule has 0 aromatic heterocycles. The summed E-state index contributed by atoms with van der Waals surface area (Å²) in [5, 5.41) is 0. The minimum absolute atomic E-state index is 0.130. The third-order valence-corrected chi connectivity index (χ3v) is 2.87. The summed E-state index contributed by atoms with van der Waals surface area (Å²) in [6, 6.07) is 10.5. The summed E-state index contributed by atoms with van der Waals surface area (Å²) in [7, 11) is 0. The van der Waals surface area contributed by atoms with E-state index in [0.717, 1.165) is 19.5 Å². The molecule has 0 spiro atoms. The molecule has 0 amide bonds. The molecular weight excluding hydrogens is 184 g/mol. The molecule has 2 N–H and O–H groups in total. The van der Waals surface area contributed by atoms with Crippen molar-refractivity contribution in [3.05, 3.63) is 30.3 Å². The van der Waals surface area contributed by atoms with Crippen LogP contribution in [-0.4, -0.2) is 18.6 Å². The van der Waals surface area contributed by atoms with Crippen LogP contribution in [0.5, 0.6) is 0 Å². The first-order valence-electron chi connectivity index (χ1n) is 5.64. The summed E-state index contributed by atoms with van der Waals surface area (Å²) in [6.07, 6.45) is 1.01. The highest BCUT2D eigenvalue weighted by molar-refractivity contribution is 5.48. The fourth-order valence-electron chi connectivity index (χ4n) is 2.06. The van der Waals surface area contributed by atoms with Crippen molar-refractivity contribution in [3.63, 3.8) is 0 Å². The van der Waals surface area contributed by atoms with Gasteiger partial charge in [-0.25, -0.2) is 0 Å². The number of nitrogens with two attached hydrogens (primary N) is 1. The minimum Gasteiger partial charge on any atom is -0.367 e. The number of benzene rings is 1. The number of hydrogen-bond donors (Lipinski definition) is 1. The first-order chi connectivity index (χ1) is 7.11. The van der Waals surface area contributed by atoms with Gasteiger partial charge in [-0.15, -0.1) is 0 Å². The third kappa shape index (κ3) is 2.96. The van der Waals surface area contributed by atoms with Gasteiger partial charge in [0.15, 0.2) is 0 Å². The molecule has 0 saturated heterocycles. The Morgan fingerprint density at radius 3 is 2.27 bits per heavy atom. The van der Waals surface area contributed by atoms with Gasteiger partial charge in [-0.1, -0.05) is 18.2 Å². The lowest BCUT2D eigenvalue weighted by atomic mass is 9.97. The molecule has 0 aliphatic rings. The summed E-state index contributed by atoms with van der Waals surface area (Å²) < 4.78 is 0. The van der Waals surface area contributed by atoms with Gasteiger partial charge in [0.2, 0.25) is 0 Å². The second kappa shape index (κ2) is 5.17. The van der Waals surface area contributed by atoms with Gasteiger partial charge in [0.1, 0.15) is 0 Å². The van der Waals surface area contributed by atoms with Gasteiger partial charge in [-0.2, -0.15) is 0 Å². The van der Waals surface area contributed by atoms with E-state index in [-0.39, 0.29) is 5.54 Å². The largest absolute Gasteiger partial charge is 0.367 e. The lowest BCUT2D eigenvalue weighted by molar-refractivity contribution is 0.438. The van der Waals surface area contributed by atoms with Crippen LogP contribution < -0.4 is 10.6 Å². The first kappa shape index (κ1) is 12.1. The van der Waals surface area contributed by atoms with Gasteiger partial charge in [0.05, 0.1) is 0 Å². The quantitative estimate of drug-likeness (QED) is 0.802. The highest BCUT2D eigenvalue weighted by atomic mass is 15.2. The molecule has 15 heavy (non-hydrogen) atoms. The number of anilines is 1. The Labute approximate surface area is 93.1 Å². The zero-order chi connectivity index (χ0) is 11.3. The van der Waals surface area contributed by atoms with Crippen molar-refractivity contribution >= 4 is 5.69 Å². The monoisotopic (exact) mass is 206 g/mol. The van der Waals surface area contributed by atoms with E-state index in [1.807, 2.05) is 6.07 Å². The van der Waals surface area contributed by atoms with Crippen LogP contribution in [0.25, 0.3) is 0 Å². The maximum Gasteiger partial charge on any atom is 0.0370 e. The zero-order valence-corrected chi connectivity index (χ0v) is 10.0. The molecule has 2 heteroatoms. The van der Waals surface area contributed by atoms with E-state index in [1.54, 1.807) is 0 Å². The normalized spacial score (nSPS) is 11.5.